The van der Waals surface area contributed by atoms with Crippen LogP contribution in [-0.2, 0) is 10.0 Å². The molecule has 172 valence electrons. The molecule has 35 heavy (non-hydrogen) atoms. The van der Waals surface area contributed by atoms with Gasteiger partial charge in [0.25, 0.3) is 10.0 Å². The summed E-state index contributed by atoms with van der Waals surface area (Å²) in [5.41, 5.74) is 2.84. The van der Waals surface area contributed by atoms with Crippen LogP contribution in [0.4, 0.5) is 10.8 Å². The molecule has 3 aromatic carbocycles. The number of fused-ring (bicyclic) bond motifs is 1. The Kier molecular flexibility index (Phi) is 6.29. The highest BCUT2D eigenvalue weighted by molar-refractivity contribution is 7.93. The summed E-state index contributed by atoms with van der Waals surface area (Å²) in [6.07, 6.45) is 3.10. The standard InChI is InChI=1S/C25H17N5O2S3/c26-14-18(24-29-23(16-34-24)22-7-3-5-17-4-1-2-6-21(17)22)15-28-19-8-10-20(11-9-19)35(31,32)30-25-27-12-13-33-25/h1-13,15-16,28H,(H,27,30). The van der Waals surface area contributed by atoms with E-state index in [1.165, 1.54) is 41.0 Å². The zero-order valence-corrected chi connectivity index (χ0v) is 20.5. The maximum atomic E-state index is 12.5. The van der Waals surface area contributed by atoms with Gasteiger partial charge in [-0.15, -0.1) is 22.7 Å². The Labute approximate surface area is 210 Å². The summed E-state index contributed by atoms with van der Waals surface area (Å²) in [4.78, 5) is 8.74. The van der Waals surface area contributed by atoms with Crippen molar-refractivity contribution in [3.63, 3.8) is 0 Å². The number of allylic oxidation sites excluding steroid dienone is 1. The third kappa shape index (κ3) is 4.93. The van der Waals surface area contributed by atoms with Gasteiger partial charge in [-0.05, 0) is 35.0 Å². The topological polar surface area (TPSA) is 108 Å². The molecule has 7 nitrogen and oxygen atoms in total. The number of nitriles is 1. The largest absolute Gasteiger partial charge is 0.360 e. The van der Waals surface area contributed by atoms with E-state index in [9.17, 15) is 13.7 Å². The first-order valence-electron chi connectivity index (χ1n) is 10.4. The molecule has 0 fully saturated rings. The zero-order valence-electron chi connectivity index (χ0n) is 18.0. The van der Waals surface area contributed by atoms with Gasteiger partial charge in [0.1, 0.15) is 16.6 Å². The monoisotopic (exact) mass is 515 g/mol. The molecule has 0 unspecified atom stereocenters. The van der Waals surface area contributed by atoms with E-state index in [1.54, 1.807) is 23.7 Å². The molecule has 2 aromatic heterocycles. The summed E-state index contributed by atoms with van der Waals surface area (Å²) in [6, 6.07) is 22.6. The summed E-state index contributed by atoms with van der Waals surface area (Å²) >= 11 is 2.60. The Balaban J connectivity index is 1.34. The number of nitrogens with zero attached hydrogens (tertiary/aromatic N) is 3. The number of anilines is 2. The van der Waals surface area contributed by atoms with E-state index in [0.29, 0.717) is 21.4 Å². The molecule has 0 radical (unpaired) electrons. The molecule has 2 heterocycles. The van der Waals surface area contributed by atoms with Gasteiger partial charge in [0, 0.05) is 34.4 Å². The van der Waals surface area contributed by atoms with Crippen LogP contribution in [-0.4, -0.2) is 18.4 Å². The summed E-state index contributed by atoms with van der Waals surface area (Å²) in [7, 11) is -3.72. The molecular weight excluding hydrogens is 499 g/mol. The van der Waals surface area contributed by atoms with Crippen molar-refractivity contribution < 1.29 is 8.42 Å². The number of nitrogens with one attached hydrogen (secondary N) is 2. The van der Waals surface area contributed by atoms with Gasteiger partial charge < -0.3 is 5.32 Å². The van der Waals surface area contributed by atoms with Crippen LogP contribution >= 0.6 is 22.7 Å². The fraction of sp³-hybridized carbons (Fsp3) is 0. The molecule has 5 aromatic rings. The zero-order chi connectivity index (χ0) is 24.3. The van der Waals surface area contributed by atoms with E-state index < -0.39 is 10.0 Å². The fourth-order valence-electron chi connectivity index (χ4n) is 3.45. The minimum atomic E-state index is -3.72. The lowest BCUT2D eigenvalue weighted by Crippen LogP contribution is -2.12. The molecule has 0 spiro atoms. The summed E-state index contributed by atoms with van der Waals surface area (Å²) in [6.45, 7) is 0. The molecule has 0 bridgehead atoms. The summed E-state index contributed by atoms with van der Waals surface area (Å²) in [5, 5.41) is 19.5. The average Bonchev–Trinajstić information content (AvgIpc) is 3.57. The van der Waals surface area contributed by atoms with Crippen LogP contribution in [0.15, 0.2) is 94.8 Å². The van der Waals surface area contributed by atoms with Gasteiger partial charge in [0.2, 0.25) is 0 Å². The molecule has 0 aliphatic rings. The Morgan fingerprint density at radius 2 is 1.80 bits per heavy atom. The van der Waals surface area contributed by atoms with Gasteiger partial charge >= 0.3 is 0 Å². The minimum absolute atomic E-state index is 0.113. The van der Waals surface area contributed by atoms with Gasteiger partial charge in [0.05, 0.1) is 10.6 Å². The van der Waals surface area contributed by atoms with Crippen molar-refractivity contribution in [2.45, 2.75) is 4.90 Å². The Morgan fingerprint density at radius 1 is 1.00 bits per heavy atom. The van der Waals surface area contributed by atoms with Crippen LogP contribution in [0.5, 0.6) is 0 Å². The maximum Gasteiger partial charge on any atom is 0.263 e. The minimum Gasteiger partial charge on any atom is -0.360 e. The van der Waals surface area contributed by atoms with E-state index >= 15 is 0 Å². The number of sulfonamides is 1. The van der Waals surface area contributed by atoms with Gasteiger partial charge in [-0.1, -0.05) is 42.5 Å². The fourth-order valence-corrected chi connectivity index (χ4v) is 6.02. The highest BCUT2D eigenvalue weighted by atomic mass is 32.2. The lowest BCUT2D eigenvalue weighted by molar-refractivity contribution is 0.601. The highest BCUT2D eigenvalue weighted by Gasteiger charge is 2.15. The van der Waals surface area contributed by atoms with Gasteiger partial charge in [-0.25, -0.2) is 18.4 Å². The average molecular weight is 516 g/mol. The first kappa shape index (κ1) is 22.7. The number of aromatic nitrogens is 2. The SMILES string of the molecule is N#CC(=CNc1ccc(S(=O)(=O)Nc2nccs2)cc1)c1nc(-c2cccc3ccccc23)cs1. The number of hydrogen-bond donors (Lipinski definition) is 2. The van der Waals surface area contributed by atoms with Crippen LogP contribution < -0.4 is 10.0 Å². The third-order valence-corrected chi connectivity index (χ3v) is 8.17. The lowest BCUT2D eigenvalue weighted by atomic mass is 10.0. The van der Waals surface area contributed by atoms with Crippen molar-refractivity contribution in [3.05, 3.63) is 94.9 Å². The number of benzene rings is 3. The third-order valence-electron chi connectivity index (χ3n) is 5.12. The van der Waals surface area contributed by atoms with E-state index in [0.717, 1.165) is 22.0 Å². The van der Waals surface area contributed by atoms with Crippen LogP contribution in [0.2, 0.25) is 0 Å². The molecule has 0 atom stereocenters. The van der Waals surface area contributed by atoms with Crippen molar-refractivity contribution >= 4 is 59.9 Å². The Bertz CT molecular complexity index is 1660. The normalized spacial score (nSPS) is 11.8. The van der Waals surface area contributed by atoms with E-state index in [4.69, 9.17) is 4.98 Å². The molecule has 5 rings (SSSR count). The van der Waals surface area contributed by atoms with Crippen LogP contribution in [0, 0.1) is 11.3 Å². The second kappa shape index (κ2) is 9.68. The second-order valence-electron chi connectivity index (χ2n) is 7.35. The molecule has 0 saturated carbocycles. The molecule has 2 N–H and O–H groups in total. The van der Waals surface area contributed by atoms with Gasteiger partial charge in [-0.2, -0.15) is 5.26 Å². The number of rotatable bonds is 7. The van der Waals surface area contributed by atoms with Crippen molar-refractivity contribution in [2.24, 2.45) is 0 Å². The molecule has 0 saturated heterocycles. The molecular formula is C25H17N5O2S3. The molecule has 0 amide bonds. The van der Waals surface area contributed by atoms with Gasteiger partial charge in [-0.3, -0.25) is 4.72 Å². The molecule has 0 aliphatic heterocycles. The maximum absolute atomic E-state index is 12.5. The van der Waals surface area contributed by atoms with E-state index in [1.807, 2.05) is 29.6 Å². The van der Waals surface area contributed by atoms with Crippen molar-refractivity contribution in [3.8, 4) is 17.3 Å². The lowest BCUT2D eigenvalue weighted by Gasteiger charge is -2.07. The second-order valence-corrected chi connectivity index (χ2v) is 10.8. The first-order chi connectivity index (χ1) is 17.0. The van der Waals surface area contributed by atoms with Crippen LogP contribution in [0.1, 0.15) is 5.01 Å². The number of hydrogen-bond acceptors (Lipinski definition) is 8. The van der Waals surface area contributed by atoms with Crippen molar-refractivity contribution in [1.29, 1.82) is 5.26 Å². The summed E-state index contributed by atoms with van der Waals surface area (Å²) in [5.74, 6) is 0. The van der Waals surface area contributed by atoms with Crippen molar-refractivity contribution in [2.75, 3.05) is 10.0 Å². The van der Waals surface area contributed by atoms with Gasteiger partial charge in [0.15, 0.2) is 5.13 Å². The van der Waals surface area contributed by atoms with Crippen LogP contribution in [0.3, 0.4) is 0 Å². The first-order valence-corrected chi connectivity index (χ1v) is 13.6. The quantitative estimate of drug-likeness (QED) is 0.250. The Hall–Kier alpha value is -4.04. The molecule has 10 heteroatoms. The van der Waals surface area contributed by atoms with E-state index in [2.05, 4.69) is 39.3 Å². The summed E-state index contributed by atoms with van der Waals surface area (Å²) < 4.78 is 27.4. The Morgan fingerprint density at radius 3 is 2.57 bits per heavy atom. The van der Waals surface area contributed by atoms with E-state index in [-0.39, 0.29) is 4.90 Å². The number of thiazole rings is 2. The predicted octanol–water partition coefficient (Wildman–Crippen LogP) is 6.20. The highest BCUT2D eigenvalue weighted by Crippen LogP contribution is 2.31. The van der Waals surface area contributed by atoms with Crippen LogP contribution in [0.25, 0.3) is 27.6 Å². The predicted molar refractivity (Wildman–Crippen MR) is 142 cm³/mol. The van der Waals surface area contributed by atoms with Crippen molar-refractivity contribution in [1.82, 2.24) is 9.97 Å². The smallest absolute Gasteiger partial charge is 0.263 e. The molecule has 0 aliphatic carbocycles.